The minimum absolute atomic E-state index is 0.195. The van der Waals surface area contributed by atoms with Crippen LogP contribution in [0.5, 0.6) is 11.5 Å². The summed E-state index contributed by atoms with van der Waals surface area (Å²) in [6.07, 6.45) is 14.6. The summed E-state index contributed by atoms with van der Waals surface area (Å²) in [4.78, 5) is 11.4. The number of allylic oxidation sites excluding steroid dienone is 7. The van der Waals surface area contributed by atoms with Crippen molar-refractivity contribution < 1.29 is 20.1 Å². The molecule has 1 unspecified atom stereocenters. The van der Waals surface area contributed by atoms with E-state index >= 15 is 0 Å². The molecule has 0 fully saturated rings. The largest absolute Gasteiger partial charge is 0.508 e. The van der Waals surface area contributed by atoms with Crippen LogP contribution in [0.3, 0.4) is 0 Å². The molecule has 0 aromatic heterocycles. The van der Waals surface area contributed by atoms with Gasteiger partial charge in [0.05, 0.1) is 0 Å². The molecule has 0 bridgehead atoms. The van der Waals surface area contributed by atoms with E-state index in [2.05, 4.69) is 19.1 Å². The molecule has 1 aromatic rings. The number of phenols is 2. The van der Waals surface area contributed by atoms with Crippen molar-refractivity contribution in [2.24, 2.45) is 5.92 Å². The molecule has 0 aliphatic heterocycles. The van der Waals surface area contributed by atoms with Crippen LogP contribution in [0.4, 0.5) is 0 Å². The highest BCUT2D eigenvalue weighted by Crippen LogP contribution is 2.29. The zero-order valence-corrected chi connectivity index (χ0v) is 19.6. The van der Waals surface area contributed by atoms with Gasteiger partial charge in [0, 0.05) is 5.57 Å². The van der Waals surface area contributed by atoms with Crippen LogP contribution in [0.15, 0.2) is 59.2 Å². The molecule has 4 nitrogen and oxygen atoms in total. The lowest BCUT2D eigenvalue weighted by molar-refractivity contribution is -0.132. The van der Waals surface area contributed by atoms with Gasteiger partial charge in [0.1, 0.15) is 11.5 Å². The monoisotopic (exact) mass is 426 g/mol. The third-order valence-corrected chi connectivity index (χ3v) is 5.29. The molecule has 0 heterocycles. The van der Waals surface area contributed by atoms with Crippen molar-refractivity contribution in [1.82, 2.24) is 0 Å². The molecule has 0 aliphatic carbocycles. The van der Waals surface area contributed by atoms with Gasteiger partial charge in [-0.15, -0.1) is 0 Å². The number of carboxylic acid groups (broad SMARTS) is 1. The lowest BCUT2D eigenvalue weighted by Gasteiger charge is -2.12. The number of aryl methyl sites for hydroxylation is 2. The van der Waals surface area contributed by atoms with Gasteiger partial charge in [-0.25, -0.2) is 4.79 Å². The number of benzene rings is 1. The summed E-state index contributed by atoms with van der Waals surface area (Å²) in [5.41, 5.74) is 4.22. The molecule has 170 valence electrons. The second-order valence-electron chi connectivity index (χ2n) is 8.62. The number of aromatic hydroxyl groups is 2. The van der Waals surface area contributed by atoms with Crippen LogP contribution in [-0.2, 0) is 11.2 Å². The zero-order chi connectivity index (χ0) is 23.4. The highest BCUT2D eigenvalue weighted by molar-refractivity contribution is 5.86. The maximum absolute atomic E-state index is 11.4. The predicted octanol–water partition coefficient (Wildman–Crippen LogP) is 7.02. The Morgan fingerprint density at radius 1 is 1.06 bits per heavy atom. The van der Waals surface area contributed by atoms with Crippen LogP contribution >= 0.6 is 0 Å². The molecule has 1 atom stereocenters. The van der Waals surface area contributed by atoms with Crippen LogP contribution in [0.2, 0.25) is 0 Å². The van der Waals surface area contributed by atoms with Crippen molar-refractivity contribution in [3.8, 4) is 11.5 Å². The van der Waals surface area contributed by atoms with E-state index in [1.807, 2.05) is 32.9 Å². The molecule has 1 rings (SSSR count). The fraction of sp³-hybridized carbons (Fsp3) is 0.444. The highest BCUT2D eigenvalue weighted by Gasteiger charge is 2.09. The maximum atomic E-state index is 11.4. The zero-order valence-electron chi connectivity index (χ0n) is 19.6. The van der Waals surface area contributed by atoms with Crippen molar-refractivity contribution in [1.29, 1.82) is 0 Å². The Kier molecular flexibility index (Phi) is 11.5. The number of carbonyl (C=O) groups is 1. The van der Waals surface area contributed by atoms with Gasteiger partial charge in [0.25, 0.3) is 0 Å². The smallest absolute Gasteiger partial charge is 0.331 e. The third kappa shape index (κ3) is 10.7. The SMILES string of the molecule is CC(C)=CCC\C(=C/C=C/C(C)=C/CCC(C)CCc1cc(O)cc(C)c1O)C(=O)O. The second-order valence-corrected chi connectivity index (χ2v) is 8.62. The van der Waals surface area contributed by atoms with Crippen LogP contribution in [0, 0.1) is 12.8 Å². The fourth-order valence-electron chi connectivity index (χ4n) is 3.33. The normalized spacial score (nSPS) is 13.5. The van der Waals surface area contributed by atoms with Gasteiger partial charge in [-0.1, -0.05) is 48.5 Å². The molecule has 0 saturated heterocycles. The van der Waals surface area contributed by atoms with Gasteiger partial charge in [-0.3, -0.25) is 0 Å². The average molecular weight is 427 g/mol. The lowest BCUT2D eigenvalue weighted by atomic mass is 9.95. The molecule has 1 aromatic carbocycles. The van der Waals surface area contributed by atoms with Crippen molar-refractivity contribution in [3.63, 3.8) is 0 Å². The first-order valence-electron chi connectivity index (χ1n) is 11.0. The summed E-state index contributed by atoms with van der Waals surface area (Å²) in [6.45, 7) is 10.0. The number of carboxylic acids is 1. The summed E-state index contributed by atoms with van der Waals surface area (Å²) in [5.74, 6) is 0.0970. The molecule has 0 saturated carbocycles. The highest BCUT2D eigenvalue weighted by atomic mass is 16.4. The van der Waals surface area contributed by atoms with Crippen LogP contribution in [0.25, 0.3) is 0 Å². The van der Waals surface area contributed by atoms with Crippen LogP contribution in [-0.4, -0.2) is 21.3 Å². The van der Waals surface area contributed by atoms with Gasteiger partial charge in [-0.2, -0.15) is 0 Å². The van der Waals surface area contributed by atoms with Crippen molar-refractivity contribution >= 4 is 5.97 Å². The maximum Gasteiger partial charge on any atom is 0.331 e. The summed E-state index contributed by atoms with van der Waals surface area (Å²) in [5, 5.41) is 29.2. The molecule has 0 amide bonds. The van der Waals surface area contributed by atoms with Crippen molar-refractivity contribution in [3.05, 3.63) is 70.4 Å². The van der Waals surface area contributed by atoms with Gasteiger partial charge in [-0.05, 0) is 95.4 Å². The minimum atomic E-state index is -0.866. The Bertz CT molecular complexity index is 852. The summed E-state index contributed by atoms with van der Waals surface area (Å²) >= 11 is 0. The second kappa shape index (κ2) is 13.5. The van der Waals surface area contributed by atoms with E-state index in [4.69, 9.17) is 0 Å². The van der Waals surface area contributed by atoms with Gasteiger partial charge < -0.3 is 15.3 Å². The van der Waals surface area contributed by atoms with Gasteiger partial charge in [0.15, 0.2) is 0 Å². The van der Waals surface area contributed by atoms with Crippen molar-refractivity contribution in [2.45, 2.75) is 73.1 Å². The van der Waals surface area contributed by atoms with Gasteiger partial charge >= 0.3 is 5.97 Å². The quantitative estimate of drug-likeness (QED) is 0.145. The Hall–Kier alpha value is -2.75. The predicted molar refractivity (Wildman–Crippen MR) is 129 cm³/mol. The molecule has 0 radical (unpaired) electrons. The van der Waals surface area contributed by atoms with E-state index in [0.717, 1.165) is 43.2 Å². The Balaban J connectivity index is 2.50. The van der Waals surface area contributed by atoms with Crippen molar-refractivity contribution in [2.75, 3.05) is 0 Å². The number of aliphatic carboxylic acids is 1. The molecule has 4 heteroatoms. The lowest BCUT2D eigenvalue weighted by Crippen LogP contribution is -1.99. The first kappa shape index (κ1) is 26.3. The van der Waals surface area contributed by atoms with E-state index in [1.165, 1.54) is 5.57 Å². The molecule has 0 spiro atoms. The Morgan fingerprint density at radius 2 is 1.77 bits per heavy atom. The Morgan fingerprint density at radius 3 is 2.42 bits per heavy atom. The van der Waals surface area contributed by atoms with Crippen LogP contribution < -0.4 is 0 Å². The standard InChI is InChI=1S/C27H38O4/c1-19(2)9-6-13-23(27(30)31)14-8-12-20(3)10-7-11-21(4)15-16-24-18-25(28)17-22(5)26(24)29/h8-10,12,14,17-18,21,28-29H,6-7,11,13,15-16H2,1-5H3,(H,30,31)/b12-8+,20-10+,23-14+. The molecule has 0 aliphatic rings. The van der Waals surface area contributed by atoms with E-state index in [-0.39, 0.29) is 11.5 Å². The topological polar surface area (TPSA) is 77.8 Å². The molecule has 31 heavy (non-hydrogen) atoms. The van der Waals surface area contributed by atoms with E-state index in [9.17, 15) is 20.1 Å². The third-order valence-electron chi connectivity index (χ3n) is 5.29. The average Bonchev–Trinajstić information content (AvgIpc) is 2.68. The molecular weight excluding hydrogens is 388 g/mol. The first-order chi connectivity index (χ1) is 14.6. The first-order valence-corrected chi connectivity index (χ1v) is 11.0. The number of phenolic OH excluding ortho intramolecular Hbond substituents is 2. The number of rotatable bonds is 12. The van der Waals surface area contributed by atoms with Gasteiger partial charge in [0.2, 0.25) is 0 Å². The molecular formula is C27H38O4. The summed E-state index contributed by atoms with van der Waals surface area (Å²) < 4.78 is 0. The van der Waals surface area contributed by atoms with Crippen LogP contribution in [0.1, 0.15) is 70.9 Å². The Labute approximate surface area is 187 Å². The van der Waals surface area contributed by atoms with E-state index in [1.54, 1.807) is 25.1 Å². The van der Waals surface area contributed by atoms with E-state index in [0.29, 0.717) is 23.5 Å². The summed E-state index contributed by atoms with van der Waals surface area (Å²) in [7, 11) is 0. The number of hydrogen-bond donors (Lipinski definition) is 3. The molecule has 3 N–H and O–H groups in total. The fourth-order valence-corrected chi connectivity index (χ4v) is 3.33. The van der Waals surface area contributed by atoms with E-state index < -0.39 is 5.97 Å². The minimum Gasteiger partial charge on any atom is -0.508 e. The number of hydrogen-bond acceptors (Lipinski definition) is 3. The summed E-state index contributed by atoms with van der Waals surface area (Å²) in [6, 6.07) is 3.21.